The number of aromatic nitrogens is 2. The number of pyridine rings is 1. The van der Waals surface area contributed by atoms with E-state index in [-0.39, 0.29) is 5.97 Å². The van der Waals surface area contributed by atoms with Gasteiger partial charge in [-0.3, -0.25) is 4.40 Å². The molecule has 3 aromatic rings. The van der Waals surface area contributed by atoms with E-state index in [2.05, 4.69) is 11.9 Å². The van der Waals surface area contributed by atoms with Gasteiger partial charge in [0.15, 0.2) is 0 Å². The first-order valence-electron chi connectivity index (χ1n) is 7.25. The molecule has 0 aliphatic carbocycles. The van der Waals surface area contributed by atoms with Gasteiger partial charge < -0.3 is 4.74 Å². The number of hydrogen-bond donors (Lipinski definition) is 0. The Morgan fingerprint density at radius 3 is 3.00 bits per heavy atom. The Kier molecular flexibility index (Phi) is 3.60. The van der Waals surface area contributed by atoms with E-state index in [1.54, 1.807) is 12.1 Å². The van der Waals surface area contributed by atoms with E-state index < -0.39 is 0 Å². The molecule has 1 aromatic carbocycles. The maximum atomic E-state index is 12.0. The number of hydrogen-bond acceptors (Lipinski definition) is 3. The summed E-state index contributed by atoms with van der Waals surface area (Å²) >= 11 is 0. The van der Waals surface area contributed by atoms with E-state index in [0.29, 0.717) is 12.2 Å². The lowest BCUT2D eigenvalue weighted by atomic mass is 10.2. The van der Waals surface area contributed by atoms with Crippen molar-refractivity contribution in [3.8, 4) is 0 Å². The highest BCUT2D eigenvalue weighted by atomic mass is 16.5. The molecule has 21 heavy (non-hydrogen) atoms. The molecule has 0 fully saturated rings. The van der Waals surface area contributed by atoms with Crippen LogP contribution in [0.1, 0.15) is 35.7 Å². The topological polar surface area (TPSA) is 43.6 Å². The number of esters is 1. The van der Waals surface area contributed by atoms with Crippen LogP contribution in [0.3, 0.4) is 0 Å². The summed E-state index contributed by atoms with van der Waals surface area (Å²) < 4.78 is 7.23. The third-order valence-corrected chi connectivity index (χ3v) is 3.60. The molecule has 0 bridgehead atoms. The molecule has 4 heteroatoms. The number of ether oxygens (including phenoxy) is 1. The lowest BCUT2D eigenvalue weighted by Gasteiger charge is -2.04. The quantitative estimate of drug-likeness (QED) is 0.540. The van der Waals surface area contributed by atoms with Gasteiger partial charge in [0.1, 0.15) is 5.65 Å². The van der Waals surface area contributed by atoms with E-state index in [0.717, 1.165) is 35.1 Å². The van der Waals surface area contributed by atoms with E-state index in [1.165, 1.54) is 0 Å². The van der Waals surface area contributed by atoms with Crippen LogP contribution in [0.25, 0.3) is 16.7 Å². The highest BCUT2D eigenvalue weighted by Crippen LogP contribution is 2.20. The van der Waals surface area contributed by atoms with Gasteiger partial charge in [-0.05, 0) is 37.1 Å². The van der Waals surface area contributed by atoms with Crippen LogP contribution < -0.4 is 0 Å². The number of fused-ring (bicyclic) bond motifs is 3. The fraction of sp³-hybridized carbons (Fsp3) is 0.294. The van der Waals surface area contributed by atoms with Crippen molar-refractivity contribution in [2.45, 2.75) is 26.7 Å². The lowest BCUT2D eigenvalue weighted by molar-refractivity contribution is 0.0499. The van der Waals surface area contributed by atoms with Crippen molar-refractivity contribution >= 4 is 22.6 Å². The molecule has 0 aliphatic heterocycles. The second kappa shape index (κ2) is 5.56. The van der Waals surface area contributed by atoms with Gasteiger partial charge in [-0.1, -0.05) is 25.5 Å². The molecule has 3 rings (SSSR count). The third kappa shape index (κ3) is 2.49. The van der Waals surface area contributed by atoms with Crippen LogP contribution >= 0.6 is 0 Å². The summed E-state index contributed by atoms with van der Waals surface area (Å²) in [4.78, 5) is 16.6. The van der Waals surface area contributed by atoms with Crippen molar-refractivity contribution < 1.29 is 9.53 Å². The Balaban J connectivity index is 1.99. The predicted octanol–water partition coefficient (Wildman–Crippen LogP) is 3.75. The van der Waals surface area contributed by atoms with Gasteiger partial charge in [0.05, 0.1) is 23.2 Å². The second-order valence-electron chi connectivity index (χ2n) is 5.19. The van der Waals surface area contributed by atoms with Crippen LogP contribution in [0, 0.1) is 6.92 Å². The molecule has 0 amide bonds. The van der Waals surface area contributed by atoms with Crippen LogP contribution in [-0.4, -0.2) is 22.0 Å². The maximum Gasteiger partial charge on any atom is 0.338 e. The van der Waals surface area contributed by atoms with Crippen LogP contribution in [0.4, 0.5) is 0 Å². The number of nitrogens with zero attached hydrogens (tertiary/aromatic N) is 2. The third-order valence-electron chi connectivity index (χ3n) is 3.60. The molecular weight excluding hydrogens is 264 g/mol. The Labute approximate surface area is 123 Å². The zero-order valence-electron chi connectivity index (χ0n) is 12.3. The molecular formula is C17H18N2O2. The molecule has 2 heterocycles. The summed E-state index contributed by atoms with van der Waals surface area (Å²) in [6.45, 7) is 4.57. The van der Waals surface area contributed by atoms with Gasteiger partial charge in [-0.2, -0.15) is 0 Å². The van der Waals surface area contributed by atoms with Gasteiger partial charge in [-0.15, -0.1) is 0 Å². The van der Waals surface area contributed by atoms with Gasteiger partial charge in [-0.25, -0.2) is 9.78 Å². The summed E-state index contributed by atoms with van der Waals surface area (Å²) in [5.74, 6) is -0.283. The van der Waals surface area contributed by atoms with Crippen molar-refractivity contribution in [1.82, 2.24) is 9.38 Å². The normalized spacial score (nSPS) is 11.1. The smallest absolute Gasteiger partial charge is 0.338 e. The Bertz CT molecular complexity index is 805. The average Bonchev–Trinajstić information content (AvgIpc) is 2.87. The Morgan fingerprint density at radius 2 is 2.19 bits per heavy atom. The first-order valence-corrected chi connectivity index (χ1v) is 7.25. The highest BCUT2D eigenvalue weighted by Gasteiger charge is 2.11. The van der Waals surface area contributed by atoms with E-state index in [4.69, 9.17) is 4.74 Å². The van der Waals surface area contributed by atoms with Crippen molar-refractivity contribution in [2.24, 2.45) is 0 Å². The summed E-state index contributed by atoms with van der Waals surface area (Å²) in [5.41, 5.74) is 4.46. The minimum absolute atomic E-state index is 0.283. The van der Waals surface area contributed by atoms with Crippen molar-refractivity contribution in [2.75, 3.05) is 6.61 Å². The number of carbonyl (C=O) groups is 1. The van der Waals surface area contributed by atoms with E-state index >= 15 is 0 Å². The van der Waals surface area contributed by atoms with Crippen LogP contribution in [0.2, 0.25) is 0 Å². The number of aryl methyl sites for hydroxylation is 1. The molecule has 0 atom stereocenters. The Morgan fingerprint density at radius 1 is 1.33 bits per heavy atom. The second-order valence-corrected chi connectivity index (χ2v) is 5.19. The molecule has 0 saturated carbocycles. The standard InChI is InChI=1S/C17H18N2O2/c1-3-4-10-21-17(20)13-8-9-19-14-7-5-6-12(2)16(14)18-15(19)11-13/h5-9,11H,3-4,10H2,1-2H3. The fourth-order valence-corrected chi connectivity index (χ4v) is 2.40. The predicted molar refractivity (Wildman–Crippen MR) is 82.6 cm³/mol. The van der Waals surface area contributed by atoms with Crippen molar-refractivity contribution in [1.29, 1.82) is 0 Å². The zero-order chi connectivity index (χ0) is 14.8. The monoisotopic (exact) mass is 282 g/mol. The molecule has 0 saturated heterocycles. The van der Waals surface area contributed by atoms with Crippen LogP contribution in [-0.2, 0) is 4.74 Å². The van der Waals surface area contributed by atoms with Gasteiger partial charge >= 0.3 is 5.97 Å². The molecule has 0 spiro atoms. The van der Waals surface area contributed by atoms with E-state index in [1.807, 2.05) is 35.7 Å². The highest BCUT2D eigenvalue weighted by molar-refractivity contribution is 5.92. The molecule has 0 radical (unpaired) electrons. The molecule has 4 nitrogen and oxygen atoms in total. The summed E-state index contributed by atoms with van der Waals surface area (Å²) in [5, 5.41) is 0. The van der Waals surface area contributed by atoms with Crippen molar-refractivity contribution in [3.63, 3.8) is 0 Å². The van der Waals surface area contributed by atoms with Crippen LogP contribution in [0.5, 0.6) is 0 Å². The van der Waals surface area contributed by atoms with E-state index in [9.17, 15) is 4.79 Å². The summed E-state index contributed by atoms with van der Waals surface area (Å²) in [6, 6.07) is 9.65. The minimum Gasteiger partial charge on any atom is -0.462 e. The summed E-state index contributed by atoms with van der Waals surface area (Å²) in [6.07, 6.45) is 3.78. The lowest BCUT2D eigenvalue weighted by Crippen LogP contribution is -2.06. The van der Waals surface area contributed by atoms with Crippen molar-refractivity contribution in [3.05, 3.63) is 47.7 Å². The number of para-hydroxylation sites is 1. The number of imidazole rings is 1. The SMILES string of the molecule is CCCCOC(=O)c1ccn2c(c1)nc1c(C)cccc12. The fourth-order valence-electron chi connectivity index (χ4n) is 2.40. The molecule has 2 aromatic heterocycles. The average molecular weight is 282 g/mol. The molecule has 0 N–H and O–H groups in total. The zero-order valence-corrected chi connectivity index (χ0v) is 12.3. The minimum atomic E-state index is -0.283. The van der Waals surface area contributed by atoms with Gasteiger partial charge in [0.2, 0.25) is 0 Å². The largest absolute Gasteiger partial charge is 0.462 e. The first-order chi connectivity index (χ1) is 10.2. The van der Waals surface area contributed by atoms with Crippen LogP contribution in [0.15, 0.2) is 36.5 Å². The van der Waals surface area contributed by atoms with Gasteiger partial charge in [0.25, 0.3) is 0 Å². The maximum absolute atomic E-state index is 12.0. The number of carbonyl (C=O) groups excluding carboxylic acids is 1. The Hall–Kier alpha value is -2.36. The van der Waals surface area contributed by atoms with Gasteiger partial charge in [0, 0.05) is 6.20 Å². The number of unbranched alkanes of at least 4 members (excludes halogenated alkanes) is 1. The molecule has 108 valence electrons. The number of rotatable bonds is 4. The number of benzene rings is 1. The molecule has 0 aliphatic rings. The molecule has 0 unspecified atom stereocenters. The first kappa shape index (κ1) is 13.6. The summed E-state index contributed by atoms with van der Waals surface area (Å²) in [7, 11) is 0.